The van der Waals surface area contributed by atoms with E-state index in [-0.39, 0.29) is 12.3 Å². The van der Waals surface area contributed by atoms with Crippen LogP contribution in [0.5, 0.6) is 0 Å². The molecule has 15 heteroatoms. The summed E-state index contributed by atoms with van der Waals surface area (Å²) in [7, 11) is 6.25. The van der Waals surface area contributed by atoms with Crippen LogP contribution < -0.4 is 33.5 Å². The lowest BCUT2D eigenvalue weighted by Crippen LogP contribution is -2.37. The van der Waals surface area contributed by atoms with Crippen LogP contribution in [0.4, 0.5) is 45.5 Å². The van der Waals surface area contributed by atoms with Gasteiger partial charge in [-0.3, -0.25) is 19.9 Å². The predicted molar refractivity (Wildman–Crippen MR) is 527 cm³/mol. The SMILES string of the molecule is Cc1c[n+](C)n2c1c1ccccc1c1nccc(C)c12.Cc1cc(C)c(N2c3ccccc3N(c3c(-c4ccccc4)cccc3-c3ccccc3)[C@H]2C)c(C)n1.Cc1cc(C)c(N2c3ccccc3N(c3c(C(C)C)cccc3C(C)C)[C@H]2C)c(C)n1.Cc1ccnc2c3ccccc3c3cc(C)n(C)[n+]3c12.Cc1ccnc2c3ccccc3c3cc[n+](C)n3c12. The van der Waals surface area contributed by atoms with Crippen molar-refractivity contribution in [1.82, 2.24) is 38.6 Å². The normalized spacial score (nSPS) is 13.6. The first-order valence-electron chi connectivity index (χ1n) is 44.4. The summed E-state index contributed by atoms with van der Waals surface area (Å²) in [6.07, 6.45) is 10.1. The number of benzene rings is 9. The first-order chi connectivity index (χ1) is 61.4. The van der Waals surface area contributed by atoms with Crippen LogP contribution in [0.15, 0.2) is 292 Å². The van der Waals surface area contributed by atoms with Crippen molar-refractivity contribution in [2.45, 2.75) is 142 Å². The molecule has 20 aromatic rings. The minimum atomic E-state index is 0.0478. The van der Waals surface area contributed by atoms with Gasteiger partial charge in [-0.2, -0.15) is 4.68 Å². The van der Waals surface area contributed by atoms with Gasteiger partial charge in [0.15, 0.2) is 26.5 Å². The molecule has 2 aliphatic heterocycles. The van der Waals surface area contributed by atoms with Crippen LogP contribution in [0.25, 0.3) is 104 Å². The molecule has 0 aliphatic carbocycles. The summed E-state index contributed by atoms with van der Waals surface area (Å²) in [5, 5.41) is 7.41. The summed E-state index contributed by atoms with van der Waals surface area (Å²) in [4.78, 5) is 33.6. The molecule has 0 bridgehead atoms. The molecular weight excluding hydrogens is 1560 g/mol. The Balaban J connectivity index is 0.000000110. The molecule has 11 aromatic heterocycles. The Bertz CT molecular complexity index is 7490. The Kier molecular flexibility index (Phi) is 22.3. The molecule has 127 heavy (non-hydrogen) atoms. The lowest BCUT2D eigenvalue weighted by atomic mass is 9.91. The van der Waals surface area contributed by atoms with Crippen molar-refractivity contribution in [3.05, 3.63) is 365 Å². The van der Waals surface area contributed by atoms with E-state index in [1.807, 2.05) is 18.6 Å². The van der Waals surface area contributed by atoms with Gasteiger partial charge < -0.3 is 19.6 Å². The van der Waals surface area contributed by atoms with Crippen LogP contribution in [0.2, 0.25) is 0 Å². The smallest absolute Gasteiger partial charge is 0.265 e. The largest absolute Gasteiger partial charge is 0.318 e. The van der Waals surface area contributed by atoms with Crippen LogP contribution in [0, 0.1) is 76.2 Å². The highest BCUT2D eigenvalue weighted by Gasteiger charge is 2.41. The van der Waals surface area contributed by atoms with E-state index in [9.17, 15) is 0 Å². The van der Waals surface area contributed by atoms with Crippen LogP contribution in [-0.4, -0.2) is 51.0 Å². The number of aromatic nitrogens is 11. The van der Waals surface area contributed by atoms with Crippen LogP contribution in [-0.2, 0) is 21.1 Å². The number of rotatable bonds is 8. The molecule has 0 saturated carbocycles. The number of hydrogen-bond acceptors (Lipinski definition) is 9. The molecule has 2 aliphatic rings. The number of fused-ring (bicyclic) bond motifs is 20. The van der Waals surface area contributed by atoms with Crippen molar-refractivity contribution in [3.63, 3.8) is 0 Å². The number of aryl methyl sites for hydroxylation is 14. The minimum absolute atomic E-state index is 0.0478. The van der Waals surface area contributed by atoms with Gasteiger partial charge in [0.05, 0.1) is 75.0 Å². The predicted octanol–water partition coefficient (Wildman–Crippen LogP) is 25.8. The number of pyridine rings is 8. The topological polar surface area (TPSA) is 103 Å². The molecule has 0 N–H and O–H groups in total. The molecule has 0 amide bonds. The van der Waals surface area contributed by atoms with Gasteiger partial charge in [-0.15, -0.1) is 18.4 Å². The highest BCUT2D eigenvalue weighted by molar-refractivity contribution is 6.13. The second-order valence-corrected chi connectivity index (χ2v) is 35.0. The summed E-state index contributed by atoms with van der Waals surface area (Å²) in [6.45, 7) is 37.3. The molecule has 632 valence electrons. The van der Waals surface area contributed by atoms with Gasteiger partial charge in [-0.25, -0.2) is 4.98 Å². The maximum absolute atomic E-state index is 4.85. The fourth-order valence-electron chi connectivity index (χ4n) is 20.3. The lowest BCUT2D eigenvalue weighted by Gasteiger charge is -2.35. The van der Waals surface area contributed by atoms with Gasteiger partial charge in [0.2, 0.25) is 5.52 Å². The fraction of sp³-hybridized carbons (Fsp3) is 0.214. The minimum Gasteiger partial charge on any atom is -0.318 e. The molecule has 0 saturated heterocycles. The van der Waals surface area contributed by atoms with E-state index >= 15 is 0 Å². The van der Waals surface area contributed by atoms with Gasteiger partial charge in [0, 0.05) is 91.3 Å². The maximum atomic E-state index is 4.85. The third-order valence-electron chi connectivity index (χ3n) is 25.8. The zero-order valence-corrected chi connectivity index (χ0v) is 76.7. The van der Waals surface area contributed by atoms with E-state index < -0.39 is 0 Å². The van der Waals surface area contributed by atoms with Gasteiger partial charge in [-0.1, -0.05) is 220 Å². The van der Waals surface area contributed by atoms with Crippen molar-refractivity contribution in [2.24, 2.45) is 21.1 Å². The molecule has 9 aromatic carbocycles. The molecule has 13 heterocycles. The number of nitrogens with zero attached hydrogens (tertiary/aromatic N) is 15. The Hall–Kier alpha value is -14.4. The third-order valence-corrected chi connectivity index (χ3v) is 25.8. The van der Waals surface area contributed by atoms with Crippen LogP contribution in [0.3, 0.4) is 0 Å². The van der Waals surface area contributed by atoms with Gasteiger partial charge in [0.1, 0.15) is 50.9 Å². The van der Waals surface area contributed by atoms with Gasteiger partial charge >= 0.3 is 0 Å². The summed E-state index contributed by atoms with van der Waals surface area (Å²) in [5.74, 6) is 0.901. The maximum Gasteiger partial charge on any atom is 0.265 e. The summed E-state index contributed by atoms with van der Waals surface area (Å²) < 4.78 is 13.2. The van der Waals surface area contributed by atoms with E-state index in [0.717, 1.165) is 39.3 Å². The molecule has 2 atom stereocenters. The Morgan fingerprint density at radius 3 is 1.23 bits per heavy atom. The van der Waals surface area contributed by atoms with Gasteiger partial charge in [0.25, 0.3) is 5.52 Å². The molecule has 0 fully saturated rings. The standard InChI is InChI=1S/C34H31N3.C28H35N3.2C17H16N3.C16H14N3/c1-23-22-24(2)35-25(3)33(23)36-26(4)37(32-21-12-11-20-31(32)36)34-29(27-14-7-5-8-15-27)18-13-19-30(34)28-16-9-6-10-17-28;1-17(2)23-12-11-13-24(18(3)4)28(23)31-22(8)30(25-14-9-10-15-26(25)31)27-19(5)16-20(6)29-21(27)7;1-11-8-9-18-15-13-6-4-5-7-14(13)16-12(2)10-19(3)20(16)17(11)15;1-11-8-9-18-16-14-7-5-4-6-13(14)15-10-12(2)19(3)20(15)17(11)16;1-11-7-9-17-15-13-6-4-3-5-12(13)14-8-10-18(2)19(14)16(11)15/h5-22,26H,1-4H3;9-18,22H,1-8H3;2*4-10H,1-3H3;3-10H,1-2H3/q;;3*+1/t26-;22-;;;/m00.../s1. The zero-order valence-electron chi connectivity index (χ0n) is 76.7. The summed E-state index contributed by atoms with van der Waals surface area (Å²) in [6, 6.07) is 93.0. The van der Waals surface area contributed by atoms with Crippen molar-refractivity contribution in [3.8, 4) is 22.3 Å². The van der Waals surface area contributed by atoms with E-state index in [2.05, 4.69) is 474 Å². The van der Waals surface area contributed by atoms with Crippen molar-refractivity contribution in [1.29, 1.82) is 0 Å². The Morgan fingerprint density at radius 2 is 0.740 bits per heavy atom. The van der Waals surface area contributed by atoms with Crippen molar-refractivity contribution < 1.29 is 13.9 Å². The van der Waals surface area contributed by atoms with Crippen molar-refractivity contribution in [2.75, 3.05) is 19.6 Å². The Labute approximate surface area is 745 Å². The zero-order chi connectivity index (χ0) is 88.7. The summed E-state index contributed by atoms with van der Waals surface area (Å²) >= 11 is 0. The Morgan fingerprint density at radius 1 is 0.339 bits per heavy atom. The molecule has 0 spiro atoms. The monoisotopic (exact) mass is 1670 g/mol. The second-order valence-electron chi connectivity index (χ2n) is 35.0. The highest BCUT2D eigenvalue weighted by Crippen LogP contribution is 2.55. The van der Waals surface area contributed by atoms with E-state index in [1.54, 1.807) is 0 Å². The van der Waals surface area contributed by atoms with Crippen LogP contribution >= 0.6 is 0 Å². The lowest BCUT2D eigenvalue weighted by molar-refractivity contribution is -0.735. The summed E-state index contributed by atoms with van der Waals surface area (Å²) in [5.41, 5.74) is 41.2. The fourth-order valence-corrected chi connectivity index (χ4v) is 20.3. The first kappa shape index (κ1) is 83.5. The number of para-hydroxylation sites is 6. The van der Waals surface area contributed by atoms with E-state index in [1.165, 1.54) is 183 Å². The third kappa shape index (κ3) is 14.5. The second kappa shape index (κ2) is 33.9. The highest BCUT2D eigenvalue weighted by atomic mass is 15.4. The molecule has 0 radical (unpaired) electrons. The number of anilines is 8. The van der Waals surface area contributed by atoms with E-state index in [4.69, 9.17) is 9.97 Å². The molecular formula is C112H112N15+3. The van der Waals surface area contributed by atoms with Crippen LogP contribution in [0.1, 0.15) is 126 Å². The number of hydrogen-bond donors (Lipinski definition) is 0. The average molecular weight is 1670 g/mol. The molecule has 0 unspecified atom stereocenters. The quantitative estimate of drug-likeness (QED) is 0.109. The van der Waals surface area contributed by atoms with Crippen molar-refractivity contribution >= 4 is 127 Å². The van der Waals surface area contributed by atoms with E-state index in [0.29, 0.717) is 11.8 Å². The molecule has 22 rings (SSSR count). The molecule has 15 nitrogen and oxygen atoms in total. The van der Waals surface area contributed by atoms with Gasteiger partial charge in [-0.05, 0) is 207 Å². The average Bonchev–Trinajstić information content (AvgIpc) is 1.70. The first-order valence-corrected chi connectivity index (χ1v) is 44.4.